The molecule has 0 radical (unpaired) electrons. The molecule has 3 aromatic rings. The Kier molecular flexibility index (Phi) is 6.40. The molecule has 180 valence electrons. The largest absolute Gasteiger partial charge is 0.493 e. The molecule has 34 heavy (non-hydrogen) atoms. The van der Waals surface area contributed by atoms with Crippen molar-refractivity contribution in [1.82, 2.24) is 15.0 Å². The van der Waals surface area contributed by atoms with Gasteiger partial charge in [0.2, 0.25) is 0 Å². The minimum absolute atomic E-state index is 0.583. The molecule has 2 atom stereocenters. The molecule has 0 amide bonds. The van der Waals surface area contributed by atoms with Gasteiger partial charge in [-0.25, -0.2) is 0 Å². The van der Waals surface area contributed by atoms with Gasteiger partial charge in [0.15, 0.2) is 11.4 Å². The number of piperazine rings is 1. The average molecular weight is 463 g/mol. The SMILES string of the molecule is c1ccc2c(N3CCN4C[C@H](COc5ccc(CN6CCOCC6)cc5)CC[C@@H]4C3)noc2c1. The Hall–Kier alpha value is -2.61. The Morgan fingerprint density at radius 3 is 2.65 bits per heavy atom. The van der Waals surface area contributed by atoms with Gasteiger partial charge >= 0.3 is 0 Å². The van der Waals surface area contributed by atoms with Crippen LogP contribution in [-0.2, 0) is 11.3 Å². The number of benzene rings is 2. The van der Waals surface area contributed by atoms with Gasteiger partial charge < -0.3 is 18.9 Å². The molecule has 0 aliphatic carbocycles. The van der Waals surface area contributed by atoms with Crippen molar-refractivity contribution >= 4 is 16.8 Å². The van der Waals surface area contributed by atoms with Crippen LogP contribution in [-0.4, -0.2) is 80.1 Å². The van der Waals surface area contributed by atoms with Gasteiger partial charge in [0.25, 0.3) is 0 Å². The second-order valence-electron chi connectivity index (χ2n) is 9.88. The van der Waals surface area contributed by atoms with Crippen LogP contribution in [0.4, 0.5) is 5.82 Å². The van der Waals surface area contributed by atoms with Gasteiger partial charge in [-0.05, 0) is 42.7 Å². The summed E-state index contributed by atoms with van der Waals surface area (Å²) in [6.45, 7) is 9.71. The summed E-state index contributed by atoms with van der Waals surface area (Å²) in [7, 11) is 0. The van der Waals surface area contributed by atoms with Crippen molar-refractivity contribution in [2.45, 2.75) is 25.4 Å². The van der Waals surface area contributed by atoms with Crippen LogP contribution in [0.15, 0.2) is 53.1 Å². The summed E-state index contributed by atoms with van der Waals surface area (Å²) in [4.78, 5) is 7.51. The van der Waals surface area contributed by atoms with Crippen molar-refractivity contribution in [1.29, 1.82) is 0 Å². The van der Waals surface area contributed by atoms with Gasteiger partial charge in [-0.1, -0.05) is 29.4 Å². The lowest BCUT2D eigenvalue weighted by atomic mass is 9.91. The van der Waals surface area contributed by atoms with Crippen LogP contribution in [0.2, 0.25) is 0 Å². The fraction of sp³-hybridized carbons (Fsp3) is 0.519. The first-order chi connectivity index (χ1) is 16.8. The van der Waals surface area contributed by atoms with Crippen LogP contribution in [0.25, 0.3) is 11.0 Å². The van der Waals surface area contributed by atoms with E-state index in [9.17, 15) is 0 Å². The number of rotatable bonds is 6. The second-order valence-corrected chi connectivity index (χ2v) is 9.88. The number of anilines is 1. The number of para-hydroxylation sites is 1. The Bertz CT molecular complexity index is 1080. The first-order valence-corrected chi connectivity index (χ1v) is 12.7. The molecule has 0 saturated carbocycles. The minimum atomic E-state index is 0.583. The number of ether oxygens (including phenoxy) is 2. The summed E-state index contributed by atoms with van der Waals surface area (Å²) in [5.41, 5.74) is 2.21. The van der Waals surface area contributed by atoms with Crippen molar-refractivity contribution in [2.75, 3.05) is 64.0 Å². The smallest absolute Gasteiger partial charge is 0.180 e. The number of hydrogen-bond donors (Lipinski definition) is 0. The molecule has 3 aliphatic heterocycles. The van der Waals surface area contributed by atoms with E-state index in [1.54, 1.807) is 0 Å². The Morgan fingerprint density at radius 1 is 0.912 bits per heavy atom. The third kappa shape index (κ3) is 4.78. The van der Waals surface area contributed by atoms with E-state index in [-0.39, 0.29) is 0 Å². The van der Waals surface area contributed by atoms with Crippen LogP contribution >= 0.6 is 0 Å². The monoisotopic (exact) mass is 462 g/mol. The molecule has 4 heterocycles. The maximum absolute atomic E-state index is 6.21. The van der Waals surface area contributed by atoms with Gasteiger partial charge in [-0.3, -0.25) is 9.80 Å². The molecular weight excluding hydrogens is 428 g/mol. The minimum Gasteiger partial charge on any atom is -0.493 e. The molecule has 7 nitrogen and oxygen atoms in total. The van der Waals surface area contributed by atoms with Crippen molar-refractivity contribution in [2.24, 2.45) is 5.92 Å². The fourth-order valence-corrected chi connectivity index (χ4v) is 5.61. The van der Waals surface area contributed by atoms with Gasteiger partial charge in [0, 0.05) is 57.8 Å². The molecule has 0 unspecified atom stereocenters. The van der Waals surface area contributed by atoms with Crippen molar-refractivity contribution in [3.8, 4) is 5.75 Å². The summed E-state index contributed by atoms with van der Waals surface area (Å²) in [6, 6.07) is 17.4. The van der Waals surface area contributed by atoms with Crippen LogP contribution in [0.3, 0.4) is 0 Å². The number of hydrogen-bond acceptors (Lipinski definition) is 7. The summed E-state index contributed by atoms with van der Waals surface area (Å²) < 4.78 is 17.2. The molecular formula is C27H34N4O3. The molecule has 0 spiro atoms. The van der Waals surface area contributed by atoms with E-state index in [1.807, 2.05) is 12.1 Å². The number of nitrogens with zero attached hydrogens (tertiary/aromatic N) is 4. The quantitative estimate of drug-likeness (QED) is 0.554. The number of fused-ring (bicyclic) bond motifs is 2. The summed E-state index contributed by atoms with van der Waals surface area (Å²) in [5, 5.41) is 5.50. The van der Waals surface area contributed by atoms with Crippen LogP contribution in [0.5, 0.6) is 5.75 Å². The lowest BCUT2D eigenvalue weighted by Crippen LogP contribution is -2.57. The first kappa shape index (κ1) is 21.9. The molecule has 1 aromatic heterocycles. The van der Waals surface area contributed by atoms with Crippen LogP contribution in [0, 0.1) is 5.92 Å². The van der Waals surface area contributed by atoms with Gasteiger partial charge in [-0.15, -0.1) is 0 Å². The summed E-state index contributed by atoms with van der Waals surface area (Å²) in [6.07, 6.45) is 2.42. The molecule has 7 heteroatoms. The molecule has 2 aromatic carbocycles. The van der Waals surface area contributed by atoms with Crippen molar-refractivity contribution in [3.63, 3.8) is 0 Å². The zero-order valence-corrected chi connectivity index (χ0v) is 19.8. The lowest BCUT2D eigenvalue weighted by molar-refractivity contribution is 0.0342. The zero-order chi connectivity index (χ0) is 22.7. The Morgan fingerprint density at radius 2 is 1.76 bits per heavy atom. The molecule has 3 saturated heterocycles. The maximum atomic E-state index is 6.21. The number of piperidine rings is 1. The highest BCUT2D eigenvalue weighted by Gasteiger charge is 2.34. The standard InChI is InChI=1S/C27H34N4O3/c1-2-4-26-25(3-1)27(28-34-26)31-12-11-30-18-22(5-8-23(30)19-31)20-33-24-9-6-21(7-10-24)17-29-13-15-32-16-14-29/h1-4,6-7,9-10,22-23H,5,8,11-20H2/t22-,23-/m1/s1. The second kappa shape index (κ2) is 9.94. The normalized spacial score (nSPS) is 24.3. The predicted octanol–water partition coefficient (Wildman–Crippen LogP) is 3.64. The Labute approximate surface area is 201 Å². The van der Waals surface area contributed by atoms with Gasteiger partial charge in [-0.2, -0.15) is 0 Å². The van der Waals surface area contributed by atoms with E-state index in [0.717, 1.165) is 88.2 Å². The summed E-state index contributed by atoms with van der Waals surface area (Å²) >= 11 is 0. The zero-order valence-electron chi connectivity index (χ0n) is 19.8. The maximum Gasteiger partial charge on any atom is 0.180 e. The molecule has 0 bridgehead atoms. The van der Waals surface area contributed by atoms with E-state index in [4.69, 9.17) is 14.0 Å². The highest BCUT2D eigenvalue weighted by Crippen LogP contribution is 2.31. The van der Waals surface area contributed by atoms with Crippen LogP contribution < -0.4 is 9.64 Å². The van der Waals surface area contributed by atoms with E-state index >= 15 is 0 Å². The first-order valence-electron chi connectivity index (χ1n) is 12.7. The molecule has 0 N–H and O–H groups in total. The Balaban J connectivity index is 0.987. The highest BCUT2D eigenvalue weighted by atomic mass is 16.5. The molecule has 6 rings (SSSR count). The molecule has 3 aliphatic rings. The van der Waals surface area contributed by atoms with E-state index in [1.165, 1.54) is 18.4 Å². The molecule has 3 fully saturated rings. The van der Waals surface area contributed by atoms with Gasteiger partial charge in [0.05, 0.1) is 25.2 Å². The predicted molar refractivity (Wildman–Crippen MR) is 132 cm³/mol. The summed E-state index contributed by atoms with van der Waals surface area (Å²) in [5.74, 6) is 2.57. The third-order valence-electron chi connectivity index (χ3n) is 7.58. The fourth-order valence-electron chi connectivity index (χ4n) is 5.61. The number of morpholine rings is 1. The van der Waals surface area contributed by atoms with E-state index in [0.29, 0.717) is 12.0 Å². The topological polar surface area (TPSA) is 54.2 Å². The van der Waals surface area contributed by atoms with Crippen molar-refractivity contribution in [3.05, 3.63) is 54.1 Å². The third-order valence-corrected chi connectivity index (χ3v) is 7.58. The van der Waals surface area contributed by atoms with Crippen molar-refractivity contribution < 1.29 is 14.0 Å². The number of aromatic nitrogens is 1. The highest BCUT2D eigenvalue weighted by molar-refractivity contribution is 5.88. The lowest BCUT2D eigenvalue weighted by Gasteiger charge is -2.46. The van der Waals surface area contributed by atoms with E-state index < -0.39 is 0 Å². The van der Waals surface area contributed by atoms with Gasteiger partial charge in [0.1, 0.15) is 5.75 Å². The van der Waals surface area contributed by atoms with Crippen LogP contribution in [0.1, 0.15) is 18.4 Å². The average Bonchev–Trinajstić information content (AvgIpc) is 3.33. The van der Waals surface area contributed by atoms with E-state index in [2.05, 4.69) is 56.3 Å².